The molecule has 8 nitrogen and oxygen atoms in total. The van der Waals surface area contributed by atoms with E-state index >= 15 is 0 Å². The summed E-state index contributed by atoms with van der Waals surface area (Å²) in [7, 11) is 1.45. The summed E-state index contributed by atoms with van der Waals surface area (Å²) in [5.74, 6) is 0.00461. The number of nitrogens with one attached hydrogen (secondary N) is 1. The standard InChI is InChI=1S/C19H15ClN4O4S/c1-11-17(25)24(19(29)23-22-11)21-10-12-3-8-15(16(9-12)27-2)28-18(26)13-4-6-14(20)7-5-13/h3-10H,1-2H3,(H,23,29)/b21-10+. The van der Waals surface area contributed by atoms with Crippen molar-refractivity contribution in [2.75, 3.05) is 7.11 Å². The highest BCUT2D eigenvalue weighted by Crippen LogP contribution is 2.28. The van der Waals surface area contributed by atoms with E-state index in [1.807, 2.05) is 0 Å². The van der Waals surface area contributed by atoms with Crippen LogP contribution >= 0.6 is 23.8 Å². The van der Waals surface area contributed by atoms with Gasteiger partial charge in [0.05, 0.1) is 18.9 Å². The molecule has 3 aromatic rings. The van der Waals surface area contributed by atoms with Gasteiger partial charge in [0.25, 0.3) is 5.56 Å². The number of hydrogen-bond donors (Lipinski definition) is 1. The normalized spacial score (nSPS) is 10.9. The van der Waals surface area contributed by atoms with Crippen molar-refractivity contribution in [3.63, 3.8) is 0 Å². The van der Waals surface area contributed by atoms with Gasteiger partial charge in [-0.1, -0.05) is 11.6 Å². The van der Waals surface area contributed by atoms with Gasteiger partial charge in [0, 0.05) is 5.02 Å². The van der Waals surface area contributed by atoms with Crippen molar-refractivity contribution >= 4 is 36.0 Å². The van der Waals surface area contributed by atoms with Crippen molar-refractivity contribution in [3.05, 3.63) is 79.4 Å². The maximum atomic E-state index is 12.3. The van der Waals surface area contributed by atoms with Crippen LogP contribution in [0.4, 0.5) is 0 Å². The highest BCUT2D eigenvalue weighted by atomic mass is 35.5. The van der Waals surface area contributed by atoms with Gasteiger partial charge < -0.3 is 9.47 Å². The minimum absolute atomic E-state index is 0.0670. The molecule has 3 rings (SSSR count). The van der Waals surface area contributed by atoms with Crippen molar-refractivity contribution < 1.29 is 14.3 Å². The van der Waals surface area contributed by atoms with Crippen molar-refractivity contribution in [1.29, 1.82) is 0 Å². The summed E-state index contributed by atoms with van der Waals surface area (Å²) in [6.07, 6.45) is 1.43. The molecule has 0 saturated carbocycles. The molecule has 0 atom stereocenters. The second kappa shape index (κ2) is 8.80. The van der Waals surface area contributed by atoms with Gasteiger partial charge in [0.15, 0.2) is 11.5 Å². The number of carbonyl (C=O) groups excluding carboxylic acids is 1. The van der Waals surface area contributed by atoms with Gasteiger partial charge >= 0.3 is 5.97 Å². The quantitative estimate of drug-likeness (QED) is 0.288. The summed E-state index contributed by atoms with van der Waals surface area (Å²) in [5, 5.41) is 10.9. The molecule has 0 radical (unpaired) electrons. The Hall–Kier alpha value is -3.30. The first kappa shape index (κ1) is 20.4. The zero-order valence-electron chi connectivity index (χ0n) is 15.4. The van der Waals surface area contributed by atoms with Crippen LogP contribution in [-0.4, -0.2) is 34.2 Å². The first-order chi connectivity index (χ1) is 13.9. The van der Waals surface area contributed by atoms with Crippen LogP contribution in [-0.2, 0) is 0 Å². The third-order valence-electron chi connectivity index (χ3n) is 3.81. The average Bonchev–Trinajstić information content (AvgIpc) is 2.72. The molecule has 0 unspecified atom stereocenters. The molecule has 0 amide bonds. The number of aromatic amines is 1. The molecular formula is C19H15ClN4O4S. The number of carbonyl (C=O) groups is 1. The maximum absolute atomic E-state index is 12.3. The number of rotatable bonds is 5. The molecule has 10 heteroatoms. The van der Waals surface area contributed by atoms with Crippen molar-refractivity contribution in [1.82, 2.24) is 14.9 Å². The first-order valence-corrected chi connectivity index (χ1v) is 9.06. The second-order valence-corrected chi connectivity index (χ2v) is 6.61. The predicted molar refractivity (Wildman–Crippen MR) is 111 cm³/mol. The second-order valence-electron chi connectivity index (χ2n) is 5.78. The van der Waals surface area contributed by atoms with Gasteiger partial charge in [-0.05, 0) is 67.2 Å². The summed E-state index contributed by atoms with van der Waals surface area (Å²) < 4.78 is 11.8. The minimum atomic E-state index is -0.550. The maximum Gasteiger partial charge on any atom is 0.343 e. The highest BCUT2D eigenvalue weighted by Gasteiger charge is 2.13. The Morgan fingerprint density at radius 2 is 1.97 bits per heavy atom. The van der Waals surface area contributed by atoms with E-state index in [1.165, 1.54) is 13.3 Å². The largest absolute Gasteiger partial charge is 0.493 e. The molecule has 0 aliphatic carbocycles. The van der Waals surface area contributed by atoms with E-state index in [1.54, 1.807) is 49.4 Å². The lowest BCUT2D eigenvalue weighted by Gasteiger charge is -2.10. The lowest BCUT2D eigenvalue weighted by molar-refractivity contribution is 0.0729. The van der Waals surface area contributed by atoms with Gasteiger partial charge in [-0.2, -0.15) is 14.9 Å². The fourth-order valence-corrected chi connectivity index (χ4v) is 2.60. The third-order valence-corrected chi connectivity index (χ3v) is 4.32. The molecule has 2 aromatic carbocycles. The molecule has 1 N–H and O–H groups in total. The SMILES string of the molecule is COc1cc(/C=N/n2c(=S)[nH]nc(C)c2=O)ccc1OC(=O)c1ccc(Cl)cc1. The number of halogens is 1. The number of H-pyrrole nitrogens is 1. The third kappa shape index (κ3) is 4.76. The van der Waals surface area contributed by atoms with Crippen LogP contribution in [0.3, 0.4) is 0 Å². The van der Waals surface area contributed by atoms with Crippen LogP contribution in [0.5, 0.6) is 11.5 Å². The fraction of sp³-hybridized carbons (Fsp3) is 0.105. The number of hydrogen-bond acceptors (Lipinski definition) is 7. The van der Waals surface area contributed by atoms with E-state index in [9.17, 15) is 9.59 Å². The zero-order valence-corrected chi connectivity index (χ0v) is 17.0. The Kier molecular flexibility index (Phi) is 6.20. The Morgan fingerprint density at radius 3 is 2.66 bits per heavy atom. The summed E-state index contributed by atoms with van der Waals surface area (Å²) in [4.78, 5) is 24.4. The number of aromatic nitrogens is 3. The Morgan fingerprint density at radius 1 is 1.24 bits per heavy atom. The Labute approximate surface area is 175 Å². The van der Waals surface area contributed by atoms with Crippen LogP contribution in [0, 0.1) is 11.7 Å². The molecule has 29 heavy (non-hydrogen) atoms. The van der Waals surface area contributed by atoms with E-state index in [2.05, 4.69) is 15.3 Å². The average molecular weight is 431 g/mol. The van der Waals surface area contributed by atoms with Crippen LogP contribution < -0.4 is 15.0 Å². The molecule has 0 fully saturated rings. The van der Waals surface area contributed by atoms with Crippen LogP contribution in [0.15, 0.2) is 52.4 Å². The first-order valence-electron chi connectivity index (χ1n) is 8.27. The molecule has 0 saturated heterocycles. The van der Waals surface area contributed by atoms with Gasteiger partial charge in [-0.3, -0.25) is 9.89 Å². The summed E-state index contributed by atoms with van der Waals surface area (Å²) >= 11 is 10.9. The monoisotopic (exact) mass is 430 g/mol. The molecule has 0 spiro atoms. The number of benzene rings is 2. The topological polar surface area (TPSA) is 98.6 Å². The molecule has 0 aliphatic rings. The van der Waals surface area contributed by atoms with Gasteiger partial charge in [0.2, 0.25) is 4.77 Å². The molecule has 148 valence electrons. The van der Waals surface area contributed by atoms with Gasteiger partial charge in [0.1, 0.15) is 5.69 Å². The lowest BCUT2D eigenvalue weighted by Crippen LogP contribution is -2.22. The van der Waals surface area contributed by atoms with Crippen LogP contribution in [0.1, 0.15) is 21.6 Å². The molecule has 0 aliphatic heterocycles. The van der Waals surface area contributed by atoms with Gasteiger partial charge in [-0.25, -0.2) is 4.79 Å². The molecule has 0 bridgehead atoms. The summed E-state index contributed by atoms with van der Waals surface area (Å²) in [6, 6.07) is 11.2. The number of methoxy groups -OCH3 is 1. The van der Waals surface area contributed by atoms with Gasteiger partial charge in [-0.15, -0.1) is 0 Å². The van der Waals surface area contributed by atoms with E-state index in [0.717, 1.165) is 4.68 Å². The predicted octanol–water partition coefficient (Wildman–Crippen LogP) is 3.37. The Bertz CT molecular complexity index is 1200. The Balaban J connectivity index is 1.85. The highest BCUT2D eigenvalue weighted by molar-refractivity contribution is 7.71. The van der Waals surface area contributed by atoms with Crippen LogP contribution in [0.2, 0.25) is 5.02 Å². The number of aryl methyl sites for hydroxylation is 1. The van der Waals surface area contributed by atoms with E-state index in [4.69, 9.17) is 33.3 Å². The van der Waals surface area contributed by atoms with Crippen molar-refractivity contribution in [2.45, 2.75) is 6.92 Å². The molecule has 1 aromatic heterocycles. The van der Waals surface area contributed by atoms with E-state index in [-0.39, 0.29) is 16.2 Å². The molecular weight excluding hydrogens is 416 g/mol. The molecule has 1 heterocycles. The van der Waals surface area contributed by atoms with E-state index < -0.39 is 11.5 Å². The summed E-state index contributed by atoms with van der Waals surface area (Å²) in [5.41, 5.74) is 0.760. The lowest BCUT2D eigenvalue weighted by atomic mass is 10.2. The fourth-order valence-electron chi connectivity index (χ4n) is 2.30. The van der Waals surface area contributed by atoms with Crippen LogP contribution in [0.25, 0.3) is 0 Å². The summed E-state index contributed by atoms with van der Waals surface area (Å²) in [6.45, 7) is 1.55. The zero-order chi connectivity index (χ0) is 21.0. The number of esters is 1. The number of ether oxygens (including phenoxy) is 2. The van der Waals surface area contributed by atoms with Crippen molar-refractivity contribution in [3.8, 4) is 11.5 Å². The smallest absolute Gasteiger partial charge is 0.343 e. The van der Waals surface area contributed by atoms with E-state index in [0.29, 0.717) is 21.9 Å². The number of nitrogens with zero attached hydrogens (tertiary/aromatic N) is 3. The van der Waals surface area contributed by atoms with Crippen molar-refractivity contribution in [2.24, 2.45) is 5.10 Å². The minimum Gasteiger partial charge on any atom is -0.493 e.